The summed E-state index contributed by atoms with van der Waals surface area (Å²) in [4.78, 5) is 0. The zero-order valence-electron chi connectivity index (χ0n) is 30.3. The molecule has 0 aromatic heterocycles. The van der Waals surface area contributed by atoms with Gasteiger partial charge < -0.3 is 34.3 Å². The van der Waals surface area contributed by atoms with Gasteiger partial charge in [0.2, 0.25) is 0 Å². The lowest BCUT2D eigenvalue weighted by molar-refractivity contribution is -0.00100. The predicted octanol–water partition coefficient (Wildman–Crippen LogP) is 1.82. The van der Waals surface area contributed by atoms with Crippen LogP contribution in [0.1, 0.15) is 14.0 Å². The summed E-state index contributed by atoms with van der Waals surface area (Å²) in [7, 11) is 3.35. The fourth-order valence-electron chi connectivity index (χ4n) is 5.91. The van der Waals surface area contributed by atoms with Gasteiger partial charge in [0.15, 0.2) is 11.7 Å². The van der Waals surface area contributed by atoms with Crippen LogP contribution in [0.5, 0.6) is 11.5 Å². The summed E-state index contributed by atoms with van der Waals surface area (Å²) in [5.41, 5.74) is 14.2. The molecule has 6 aromatic carbocycles. The third-order valence-electron chi connectivity index (χ3n) is 8.41. The molecule has 0 bridgehead atoms. The fraction of sp³-hybridized carbons (Fsp3) is 0.0500. The summed E-state index contributed by atoms with van der Waals surface area (Å²) < 4.78 is 12.0. The van der Waals surface area contributed by atoms with Gasteiger partial charge >= 0.3 is 2.85 Å². The van der Waals surface area contributed by atoms with Crippen molar-refractivity contribution in [2.24, 2.45) is 10.2 Å². The van der Waals surface area contributed by atoms with Crippen LogP contribution < -0.4 is 65.6 Å². The number of hydrogen-bond acceptors (Lipinski definition) is 10. The van der Waals surface area contributed by atoms with Gasteiger partial charge in [0.1, 0.15) is 22.9 Å². The number of halogens is 2. The van der Waals surface area contributed by atoms with E-state index in [0.717, 1.165) is 56.7 Å². The highest BCUT2D eigenvalue weighted by atomic mass is 35.5. The Morgan fingerprint density at radius 2 is 0.788 bits per heavy atom. The van der Waals surface area contributed by atoms with Gasteiger partial charge in [0.05, 0.1) is 25.6 Å². The van der Waals surface area contributed by atoms with Crippen molar-refractivity contribution >= 4 is 34.4 Å². The molecule has 2 N–H and O–H groups in total. The van der Waals surface area contributed by atoms with Crippen LogP contribution in [-0.4, -0.2) is 25.9 Å². The summed E-state index contributed by atoms with van der Waals surface area (Å²) in [5, 5.41) is 17.3. The molecule has 52 heavy (non-hydrogen) atoms. The van der Waals surface area contributed by atoms with Crippen LogP contribution in [0.4, 0.5) is 22.7 Å². The minimum Gasteiger partial charge on any atom is -1.00 e. The summed E-state index contributed by atoms with van der Waals surface area (Å²) in [6.45, 7) is 0. The second kappa shape index (κ2) is 15.7. The molecule has 262 valence electrons. The Labute approximate surface area is 317 Å². The first-order chi connectivity index (χ1) is 24.7. The highest BCUT2D eigenvalue weighted by molar-refractivity contribution is 6.03. The number of nitrogens with one attached hydrogen (secondary N) is 2. The number of hydrazine groups is 4. The molecule has 0 amide bonds. The largest absolute Gasteiger partial charge is 1.00 e. The van der Waals surface area contributed by atoms with E-state index in [2.05, 4.69) is 23.0 Å². The molecule has 0 unspecified atom stereocenters. The molecule has 0 saturated heterocycles. The van der Waals surface area contributed by atoms with E-state index in [1.165, 1.54) is 0 Å². The number of amidine groups is 2. The van der Waals surface area contributed by atoms with E-state index in [1.807, 2.05) is 166 Å². The van der Waals surface area contributed by atoms with Crippen molar-refractivity contribution in [2.45, 2.75) is 0 Å². The molecule has 0 atom stereocenters. The number of anilines is 4. The monoisotopic (exact) mass is 730 g/mol. The Bertz CT molecular complexity index is 2030. The fourth-order valence-corrected chi connectivity index (χ4v) is 5.91. The molecule has 8 rings (SSSR count). The summed E-state index contributed by atoms with van der Waals surface area (Å²) in [5.74, 6) is 2.78. The standard InChI is InChI=1S/C40H34N8O2.2ClH/c1-49-37-27-31(23-25-35(37)47-43-39(29-15-7-3-8-16-29)41-45(47)33-19-11-5-12-20-33)32-24-26-36(38(28-32)50-2)48-44-40(30-17-9-4-10-18-30)42-46(48)34-21-13-6-14-22-34;;/h3-28H,1-2H3,(H,41,43)(H,42,44);2*1H. The lowest BCUT2D eigenvalue weighted by Crippen LogP contribution is -3.00. The van der Waals surface area contributed by atoms with Crippen LogP contribution in [0.25, 0.3) is 11.1 Å². The number of methoxy groups -OCH3 is 2. The summed E-state index contributed by atoms with van der Waals surface area (Å²) in [6.07, 6.45) is 0. The van der Waals surface area contributed by atoms with Crippen LogP contribution in [-0.2, 0) is 0 Å². The van der Waals surface area contributed by atoms with Gasteiger partial charge in [-0.25, -0.2) is 0 Å². The molecular formula is C40H36Cl2N8O2. The zero-order chi connectivity index (χ0) is 33.9. The Morgan fingerprint density at radius 3 is 1.13 bits per heavy atom. The minimum atomic E-state index is 0. The molecule has 0 spiro atoms. The lowest BCUT2D eigenvalue weighted by atomic mass is 10.0. The van der Waals surface area contributed by atoms with Crippen LogP contribution in [0.3, 0.4) is 0 Å². The van der Waals surface area contributed by atoms with E-state index in [-0.39, 0.29) is 27.7 Å². The highest BCUT2D eigenvalue weighted by Crippen LogP contribution is 2.40. The maximum Gasteiger partial charge on any atom is 1.00 e. The van der Waals surface area contributed by atoms with E-state index in [4.69, 9.17) is 19.7 Å². The van der Waals surface area contributed by atoms with Gasteiger partial charge in [0, 0.05) is 11.1 Å². The van der Waals surface area contributed by atoms with E-state index >= 15 is 0 Å². The second-order valence-corrected chi connectivity index (χ2v) is 11.5. The Balaban J connectivity index is 0.00000162. The molecular weight excluding hydrogens is 695 g/mol. The van der Waals surface area contributed by atoms with Crippen LogP contribution in [0.15, 0.2) is 168 Å². The Hall–Kier alpha value is -6.36. The first-order valence-corrected chi connectivity index (χ1v) is 16.2. The smallest absolute Gasteiger partial charge is 1.00 e. The van der Waals surface area contributed by atoms with Gasteiger partial charge in [-0.2, -0.15) is 20.5 Å². The quantitative estimate of drug-likeness (QED) is 0.234. The molecule has 2 aliphatic heterocycles. The Morgan fingerprint density at radius 1 is 0.442 bits per heavy atom. The van der Waals surface area contributed by atoms with Crippen molar-refractivity contribution in [3.8, 4) is 22.6 Å². The van der Waals surface area contributed by atoms with E-state index in [1.54, 1.807) is 14.2 Å². The van der Waals surface area contributed by atoms with Crippen molar-refractivity contribution in [1.82, 2.24) is 10.9 Å². The molecule has 0 fully saturated rings. The van der Waals surface area contributed by atoms with Crippen molar-refractivity contribution in [2.75, 3.05) is 34.7 Å². The molecule has 6 aromatic rings. The van der Waals surface area contributed by atoms with E-state index < -0.39 is 0 Å². The number of rotatable bonds is 9. The maximum absolute atomic E-state index is 5.99. The first-order valence-electron chi connectivity index (χ1n) is 16.2. The van der Waals surface area contributed by atoms with E-state index in [0.29, 0.717) is 11.5 Å². The van der Waals surface area contributed by atoms with Gasteiger partial charge in [-0.1, -0.05) is 109 Å². The maximum atomic E-state index is 5.99. The third-order valence-corrected chi connectivity index (χ3v) is 8.41. The SMILES string of the molecule is COc1cc(-c2ccc(N3NC(c4ccccc4)=NN3c3ccccc3)c(OC)c2)ccc1N1NC(c2ccccc2)=NN1c1ccccc1.[Cl-].[Cl-].[H+].[H+]. The first kappa shape index (κ1) is 35.5. The average Bonchev–Trinajstić information content (AvgIpc) is 3.85. The average molecular weight is 732 g/mol. The molecule has 0 radical (unpaired) electrons. The van der Waals surface area contributed by atoms with E-state index in [9.17, 15) is 0 Å². The molecule has 0 aliphatic carbocycles. The van der Waals surface area contributed by atoms with Crippen LogP contribution >= 0.6 is 0 Å². The summed E-state index contributed by atoms with van der Waals surface area (Å²) >= 11 is 0. The summed E-state index contributed by atoms with van der Waals surface area (Å²) in [6, 6.07) is 52.3. The number of hydrogen-bond donors (Lipinski definition) is 2. The third kappa shape index (κ3) is 6.85. The number of hydrazone groups is 2. The second-order valence-electron chi connectivity index (χ2n) is 11.5. The normalized spacial score (nSPS) is 13.3. The van der Waals surface area contributed by atoms with Crippen molar-refractivity contribution < 1.29 is 37.1 Å². The minimum absolute atomic E-state index is 0. The number of ether oxygens (including phenoxy) is 2. The van der Waals surface area contributed by atoms with Gasteiger partial charge in [0.25, 0.3) is 0 Å². The Kier molecular flexibility index (Phi) is 10.7. The van der Waals surface area contributed by atoms with Gasteiger partial charge in [-0.05, 0) is 59.7 Å². The number of nitrogens with zero attached hydrogens (tertiary/aromatic N) is 6. The van der Waals surface area contributed by atoms with Crippen molar-refractivity contribution in [1.29, 1.82) is 0 Å². The predicted molar refractivity (Wildman–Crippen MR) is 202 cm³/mol. The topological polar surface area (TPSA) is 80.2 Å². The molecule has 0 saturated carbocycles. The van der Waals surface area contributed by atoms with Gasteiger partial charge in [-0.3, -0.25) is 10.9 Å². The molecule has 2 heterocycles. The van der Waals surface area contributed by atoms with Crippen molar-refractivity contribution in [3.05, 3.63) is 169 Å². The number of benzene rings is 6. The molecule has 10 nitrogen and oxygen atoms in total. The zero-order valence-corrected chi connectivity index (χ0v) is 29.8. The number of para-hydroxylation sites is 2. The van der Waals surface area contributed by atoms with Crippen LogP contribution in [0, 0.1) is 0 Å². The van der Waals surface area contributed by atoms with Crippen molar-refractivity contribution in [3.63, 3.8) is 0 Å². The molecule has 12 heteroatoms. The molecule has 2 aliphatic rings. The van der Waals surface area contributed by atoms with Crippen LogP contribution in [0.2, 0.25) is 0 Å². The van der Waals surface area contributed by atoms with Gasteiger partial charge in [-0.15, -0.1) is 10.2 Å². The lowest BCUT2D eigenvalue weighted by Gasteiger charge is -2.30. The highest BCUT2D eigenvalue weighted by Gasteiger charge is 2.30.